The Balaban J connectivity index is 2.38. The molecule has 1 saturated heterocycles. The zero-order valence-electron chi connectivity index (χ0n) is 10.9. The van der Waals surface area contributed by atoms with Crippen LogP contribution in [-0.2, 0) is 9.31 Å². The monoisotopic (exact) mass is 271 g/mol. The van der Waals surface area contributed by atoms with Crippen molar-refractivity contribution >= 4 is 29.9 Å². The van der Waals surface area contributed by atoms with Crippen molar-refractivity contribution in [3.8, 4) is 0 Å². The first-order valence-corrected chi connectivity index (χ1v) is 6.12. The van der Waals surface area contributed by atoms with Gasteiger partial charge in [-0.1, -0.05) is 11.6 Å². The molecule has 1 aliphatic heterocycles. The Kier molecular flexibility index (Phi) is 3.12. The van der Waals surface area contributed by atoms with Crippen molar-refractivity contribution < 1.29 is 13.7 Å². The molecule has 1 aliphatic rings. The number of benzene rings is 1. The first-order valence-electron chi connectivity index (χ1n) is 5.74. The van der Waals surface area contributed by atoms with Gasteiger partial charge in [0.25, 0.3) is 0 Å². The van der Waals surface area contributed by atoms with Crippen molar-refractivity contribution in [1.29, 1.82) is 0 Å². The third-order valence-electron chi connectivity index (χ3n) is 3.62. The Morgan fingerprint density at radius 3 is 2.17 bits per heavy atom. The fraction of sp³-hybridized carbons (Fsp3) is 0.500. The lowest BCUT2D eigenvalue weighted by Gasteiger charge is -2.32. The fourth-order valence-electron chi connectivity index (χ4n) is 1.73. The SMILES string of the molecule is CC1(C)OB(c2cc(N)c(F)cc2Cl)OC1(C)C. The van der Waals surface area contributed by atoms with Crippen molar-refractivity contribution in [2.45, 2.75) is 38.9 Å². The zero-order chi connectivity index (χ0) is 13.7. The number of nitrogen functional groups attached to an aromatic ring is 1. The minimum absolute atomic E-state index is 0.0316. The second kappa shape index (κ2) is 4.12. The topological polar surface area (TPSA) is 44.5 Å². The van der Waals surface area contributed by atoms with E-state index in [1.165, 1.54) is 12.1 Å². The molecule has 1 aromatic carbocycles. The maximum Gasteiger partial charge on any atom is 0.496 e. The number of hydrogen-bond donors (Lipinski definition) is 1. The average Bonchev–Trinajstić information content (AvgIpc) is 2.42. The molecule has 0 unspecified atom stereocenters. The third-order valence-corrected chi connectivity index (χ3v) is 3.95. The van der Waals surface area contributed by atoms with Gasteiger partial charge < -0.3 is 15.0 Å². The summed E-state index contributed by atoms with van der Waals surface area (Å²) >= 11 is 6.01. The molecule has 0 spiro atoms. The van der Waals surface area contributed by atoms with Gasteiger partial charge in [0.1, 0.15) is 5.82 Å². The molecule has 0 aliphatic carbocycles. The van der Waals surface area contributed by atoms with E-state index >= 15 is 0 Å². The van der Waals surface area contributed by atoms with E-state index in [0.717, 1.165) is 0 Å². The number of halogens is 2. The predicted molar refractivity (Wildman–Crippen MR) is 71.5 cm³/mol. The van der Waals surface area contributed by atoms with Gasteiger partial charge in [0, 0.05) is 10.5 Å². The van der Waals surface area contributed by atoms with Crippen LogP contribution in [0.25, 0.3) is 0 Å². The van der Waals surface area contributed by atoms with Crippen LogP contribution in [0.15, 0.2) is 12.1 Å². The molecule has 1 fully saturated rings. The van der Waals surface area contributed by atoms with Gasteiger partial charge in [-0.3, -0.25) is 0 Å². The summed E-state index contributed by atoms with van der Waals surface area (Å²) in [5.74, 6) is -0.541. The Morgan fingerprint density at radius 2 is 1.67 bits per heavy atom. The second-order valence-corrected chi connectivity index (χ2v) is 5.89. The molecular weight excluding hydrogens is 255 g/mol. The van der Waals surface area contributed by atoms with Crippen molar-refractivity contribution in [2.24, 2.45) is 0 Å². The number of anilines is 1. The highest BCUT2D eigenvalue weighted by Crippen LogP contribution is 2.37. The lowest BCUT2D eigenvalue weighted by molar-refractivity contribution is 0.00578. The van der Waals surface area contributed by atoms with Gasteiger partial charge in [-0.25, -0.2) is 4.39 Å². The summed E-state index contributed by atoms with van der Waals surface area (Å²) in [5.41, 5.74) is 5.19. The molecule has 6 heteroatoms. The van der Waals surface area contributed by atoms with Gasteiger partial charge in [-0.2, -0.15) is 0 Å². The van der Waals surface area contributed by atoms with Crippen LogP contribution in [0, 0.1) is 5.82 Å². The van der Waals surface area contributed by atoms with Crippen molar-refractivity contribution in [1.82, 2.24) is 0 Å². The third kappa shape index (κ3) is 2.11. The van der Waals surface area contributed by atoms with E-state index in [-0.39, 0.29) is 10.7 Å². The Labute approximate surface area is 112 Å². The maximum absolute atomic E-state index is 13.3. The first-order chi connectivity index (χ1) is 8.14. The molecule has 0 amide bonds. The molecule has 0 radical (unpaired) electrons. The normalized spacial score (nSPS) is 21.3. The highest BCUT2D eigenvalue weighted by Gasteiger charge is 2.52. The van der Waals surface area contributed by atoms with Crippen molar-refractivity contribution in [3.05, 3.63) is 23.0 Å². The predicted octanol–water partition coefficient (Wildman–Crippen LogP) is 2.36. The summed E-state index contributed by atoms with van der Waals surface area (Å²) in [4.78, 5) is 0. The molecule has 0 bridgehead atoms. The first kappa shape index (κ1) is 13.7. The minimum atomic E-state index is -0.634. The second-order valence-electron chi connectivity index (χ2n) is 5.48. The lowest BCUT2D eigenvalue weighted by atomic mass is 9.79. The van der Waals surface area contributed by atoms with Crippen LogP contribution >= 0.6 is 11.6 Å². The Bertz CT molecular complexity index is 477. The van der Waals surface area contributed by atoms with Crippen LogP contribution in [0.5, 0.6) is 0 Å². The molecule has 3 nitrogen and oxygen atoms in total. The number of rotatable bonds is 1. The lowest BCUT2D eigenvalue weighted by Crippen LogP contribution is -2.41. The number of nitrogens with two attached hydrogens (primary N) is 1. The summed E-state index contributed by atoms with van der Waals surface area (Å²) in [6.45, 7) is 7.75. The molecule has 0 aromatic heterocycles. The molecule has 18 heavy (non-hydrogen) atoms. The number of hydrogen-bond acceptors (Lipinski definition) is 3. The van der Waals surface area contributed by atoms with Crippen molar-refractivity contribution in [3.63, 3.8) is 0 Å². The fourth-order valence-corrected chi connectivity index (χ4v) is 1.97. The van der Waals surface area contributed by atoms with E-state index in [1.807, 2.05) is 27.7 Å². The van der Waals surface area contributed by atoms with Gasteiger partial charge >= 0.3 is 7.12 Å². The van der Waals surface area contributed by atoms with E-state index in [2.05, 4.69) is 0 Å². The van der Waals surface area contributed by atoms with Crippen LogP contribution in [0.4, 0.5) is 10.1 Å². The molecule has 2 rings (SSSR count). The van der Waals surface area contributed by atoms with Crippen LogP contribution in [-0.4, -0.2) is 18.3 Å². The smallest absolute Gasteiger partial charge is 0.399 e. The van der Waals surface area contributed by atoms with Gasteiger partial charge in [0.2, 0.25) is 0 Å². The molecule has 1 aromatic rings. The summed E-state index contributed by atoms with van der Waals surface area (Å²) in [7, 11) is -0.634. The highest BCUT2D eigenvalue weighted by molar-refractivity contribution is 6.65. The molecule has 98 valence electrons. The molecule has 0 saturated carbocycles. The van der Waals surface area contributed by atoms with Gasteiger partial charge in [0.05, 0.1) is 16.9 Å². The summed E-state index contributed by atoms with van der Waals surface area (Å²) in [5, 5.41) is 0.250. The van der Waals surface area contributed by atoms with Crippen LogP contribution in [0.3, 0.4) is 0 Å². The highest BCUT2D eigenvalue weighted by atomic mass is 35.5. The quantitative estimate of drug-likeness (QED) is 0.630. The van der Waals surface area contributed by atoms with E-state index in [0.29, 0.717) is 5.46 Å². The molecule has 2 N–H and O–H groups in total. The van der Waals surface area contributed by atoms with Gasteiger partial charge in [0.15, 0.2) is 0 Å². The van der Waals surface area contributed by atoms with E-state index in [4.69, 9.17) is 26.6 Å². The summed E-state index contributed by atoms with van der Waals surface area (Å²) < 4.78 is 24.9. The van der Waals surface area contributed by atoms with E-state index in [9.17, 15) is 4.39 Å². The van der Waals surface area contributed by atoms with Crippen LogP contribution < -0.4 is 11.2 Å². The van der Waals surface area contributed by atoms with Crippen molar-refractivity contribution in [2.75, 3.05) is 5.73 Å². The average molecular weight is 272 g/mol. The van der Waals surface area contributed by atoms with Crippen LogP contribution in [0.2, 0.25) is 5.02 Å². The molecule has 1 heterocycles. The van der Waals surface area contributed by atoms with E-state index in [1.54, 1.807) is 0 Å². The van der Waals surface area contributed by atoms with E-state index < -0.39 is 24.1 Å². The van der Waals surface area contributed by atoms with Gasteiger partial charge in [-0.05, 0) is 39.8 Å². The molecular formula is C12H16BClFNO2. The summed E-state index contributed by atoms with van der Waals surface area (Å²) in [6.07, 6.45) is 0. The van der Waals surface area contributed by atoms with Crippen LogP contribution in [0.1, 0.15) is 27.7 Å². The Morgan fingerprint density at radius 1 is 1.17 bits per heavy atom. The molecule has 0 atom stereocenters. The minimum Gasteiger partial charge on any atom is -0.399 e. The Hall–Kier alpha value is -0.775. The largest absolute Gasteiger partial charge is 0.496 e. The zero-order valence-corrected chi connectivity index (χ0v) is 11.6. The maximum atomic E-state index is 13.3. The van der Waals surface area contributed by atoms with Gasteiger partial charge in [-0.15, -0.1) is 0 Å². The summed E-state index contributed by atoms with van der Waals surface area (Å²) in [6, 6.07) is 2.64. The standard InChI is InChI=1S/C12H16BClFNO2/c1-11(2)12(3,4)18-13(17-11)7-5-10(16)9(15)6-8(7)14/h5-6H,16H2,1-4H3.